The number of amides is 1. The Morgan fingerprint density at radius 3 is 2.77 bits per heavy atom. The van der Waals surface area contributed by atoms with E-state index >= 15 is 0 Å². The number of rotatable bonds is 9. The first-order valence-corrected chi connectivity index (χ1v) is 10.3. The molecule has 2 heterocycles. The number of nitrogens with zero attached hydrogens (tertiary/aromatic N) is 4. The predicted molar refractivity (Wildman–Crippen MR) is 102 cm³/mol. The summed E-state index contributed by atoms with van der Waals surface area (Å²) in [5.41, 5.74) is 0.587. The van der Waals surface area contributed by atoms with Gasteiger partial charge in [-0.1, -0.05) is 18.7 Å². The van der Waals surface area contributed by atoms with Crippen molar-refractivity contribution < 1.29 is 14.3 Å². The van der Waals surface area contributed by atoms with Gasteiger partial charge in [0, 0.05) is 17.8 Å². The van der Waals surface area contributed by atoms with E-state index in [0.717, 1.165) is 17.4 Å². The van der Waals surface area contributed by atoms with Gasteiger partial charge in [-0.05, 0) is 20.8 Å². The Hall–Kier alpha value is -1.94. The number of thiazole rings is 1. The minimum Gasteiger partial charge on any atom is -0.466 e. The van der Waals surface area contributed by atoms with Gasteiger partial charge in [-0.25, -0.2) is 4.98 Å². The van der Waals surface area contributed by atoms with Crippen molar-refractivity contribution in [3.05, 3.63) is 16.9 Å². The van der Waals surface area contributed by atoms with E-state index in [1.54, 1.807) is 12.3 Å². The third-order valence-corrected chi connectivity index (χ3v) is 5.08. The number of thioether (sulfide) groups is 1. The molecular formula is C16H23N5O3S2. The van der Waals surface area contributed by atoms with Crippen LogP contribution < -0.4 is 5.32 Å². The summed E-state index contributed by atoms with van der Waals surface area (Å²) in [6, 6.07) is 0.231. The first kappa shape index (κ1) is 20.4. The van der Waals surface area contributed by atoms with Crippen LogP contribution in [0, 0.1) is 0 Å². The van der Waals surface area contributed by atoms with E-state index in [1.165, 1.54) is 23.1 Å². The van der Waals surface area contributed by atoms with Crippen LogP contribution in [0.25, 0.3) is 0 Å². The van der Waals surface area contributed by atoms with Crippen LogP contribution in [0.3, 0.4) is 0 Å². The fourth-order valence-corrected chi connectivity index (χ4v) is 3.87. The molecule has 2 aromatic heterocycles. The lowest BCUT2D eigenvalue weighted by atomic mass is 10.3. The van der Waals surface area contributed by atoms with Gasteiger partial charge >= 0.3 is 5.97 Å². The zero-order valence-corrected chi connectivity index (χ0v) is 16.9. The lowest BCUT2D eigenvalue weighted by Gasteiger charge is -2.12. The molecule has 0 bridgehead atoms. The molecule has 1 N–H and O–H groups in total. The Morgan fingerprint density at radius 2 is 2.12 bits per heavy atom. The van der Waals surface area contributed by atoms with Crippen molar-refractivity contribution in [1.82, 2.24) is 19.7 Å². The topological polar surface area (TPSA) is 99.0 Å². The molecule has 0 unspecified atom stereocenters. The number of anilines is 1. The number of hydrogen-bond acceptors (Lipinski definition) is 8. The standard InChI is InChI=1S/C16H23N5O3S2/c1-5-12-19-20-16(21(12)10(3)4)26-9-13(22)18-15-17-11(8-25-15)7-14(23)24-6-2/h8,10H,5-7,9H2,1-4H3,(H,17,18,22). The van der Waals surface area contributed by atoms with E-state index in [4.69, 9.17) is 4.74 Å². The van der Waals surface area contributed by atoms with Crippen molar-refractivity contribution >= 4 is 40.1 Å². The van der Waals surface area contributed by atoms with Crippen LogP contribution in [-0.2, 0) is 27.2 Å². The second-order valence-corrected chi connectivity index (χ2v) is 7.48. The molecule has 2 aromatic rings. The number of ether oxygens (including phenoxy) is 1. The molecule has 0 saturated carbocycles. The maximum Gasteiger partial charge on any atom is 0.311 e. The number of hydrogen-bond donors (Lipinski definition) is 1. The van der Waals surface area contributed by atoms with Gasteiger partial charge in [0.2, 0.25) is 5.91 Å². The molecular weight excluding hydrogens is 374 g/mol. The van der Waals surface area contributed by atoms with Crippen LogP contribution in [0.4, 0.5) is 5.13 Å². The van der Waals surface area contributed by atoms with Crippen LogP contribution in [0.15, 0.2) is 10.5 Å². The average Bonchev–Trinajstić information content (AvgIpc) is 3.19. The van der Waals surface area contributed by atoms with E-state index in [1.807, 2.05) is 11.5 Å². The fraction of sp³-hybridized carbons (Fsp3) is 0.562. The largest absolute Gasteiger partial charge is 0.466 e. The zero-order valence-electron chi connectivity index (χ0n) is 15.3. The van der Waals surface area contributed by atoms with Crippen molar-refractivity contribution in [2.24, 2.45) is 0 Å². The van der Waals surface area contributed by atoms with Gasteiger partial charge in [-0.3, -0.25) is 9.59 Å². The van der Waals surface area contributed by atoms with Gasteiger partial charge in [-0.2, -0.15) is 0 Å². The fourth-order valence-electron chi connectivity index (χ4n) is 2.26. The van der Waals surface area contributed by atoms with Crippen molar-refractivity contribution in [2.45, 2.75) is 51.7 Å². The highest BCUT2D eigenvalue weighted by Crippen LogP contribution is 2.22. The number of esters is 1. The summed E-state index contributed by atoms with van der Waals surface area (Å²) in [4.78, 5) is 27.9. The maximum absolute atomic E-state index is 12.2. The Morgan fingerprint density at radius 1 is 1.35 bits per heavy atom. The third kappa shape index (κ3) is 5.53. The van der Waals surface area contributed by atoms with Gasteiger partial charge in [0.05, 0.1) is 24.5 Å². The number of aromatic nitrogens is 4. The quantitative estimate of drug-likeness (QED) is 0.513. The number of nitrogens with one attached hydrogen (secondary N) is 1. The molecule has 26 heavy (non-hydrogen) atoms. The first-order chi connectivity index (χ1) is 12.4. The summed E-state index contributed by atoms with van der Waals surface area (Å²) < 4.78 is 6.93. The highest BCUT2D eigenvalue weighted by molar-refractivity contribution is 7.99. The molecule has 0 saturated heterocycles. The molecule has 142 valence electrons. The predicted octanol–water partition coefficient (Wildman–Crippen LogP) is 2.71. The van der Waals surface area contributed by atoms with Crippen molar-refractivity contribution in [3.8, 4) is 0 Å². The van der Waals surface area contributed by atoms with E-state index < -0.39 is 0 Å². The van der Waals surface area contributed by atoms with Crippen molar-refractivity contribution in [3.63, 3.8) is 0 Å². The summed E-state index contributed by atoms with van der Waals surface area (Å²) in [5, 5.41) is 14.0. The van der Waals surface area contributed by atoms with Gasteiger partial charge in [-0.15, -0.1) is 21.5 Å². The molecule has 0 spiro atoms. The van der Waals surface area contributed by atoms with Crippen LogP contribution in [0.2, 0.25) is 0 Å². The number of carbonyl (C=O) groups excluding carboxylic acids is 2. The van der Waals surface area contributed by atoms with Gasteiger partial charge < -0.3 is 14.6 Å². The molecule has 0 aliphatic heterocycles. The number of aryl methyl sites for hydroxylation is 1. The Balaban J connectivity index is 1.89. The van der Waals surface area contributed by atoms with Crippen LogP contribution in [-0.4, -0.2) is 44.0 Å². The van der Waals surface area contributed by atoms with E-state index in [9.17, 15) is 9.59 Å². The average molecular weight is 398 g/mol. The molecule has 0 radical (unpaired) electrons. The third-order valence-electron chi connectivity index (χ3n) is 3.33. The normalized spacial score (nSPS) is 11.0. The molecule has 0 aliphatic rings. The van der Waals surface area contributed by atoms with Crippen molar-refractivity contribution in [2.75, 3.05) is 17.7 Å². The maximum atomic E-state index is 12.2. The smallest absolute Gasteiger partial charge is 0.311 e. The molecule has 0 fully saturated rings. The molecule has 1 amide bonds. The molecule has 10 heteroatoms. The number of carbonyl (C=O) groups is 2. The van der Waals surface area contributed by atoms with Gasteiger partial charge in [0.25, 0.3) is 0 Å². The van der Waals surface area contributed by atoms with Crippen LogP contribution >= 0.6 is 23.1 Å². The minimum atomic E-state index is -0.328. The van der Waals surface area contributed by atoms with E-state index in [-0.39, 0.29) is 30.1 Å². The van der Waals surface area contributed by atoms with Crippen LogP contribution in [0.5, 0.6) is 0 Å². The van der Waals surface area contributed by atoms with Crippen molar-refractivity contribution in [1.29, 1.82) is 0 Å². The Labute approximate surface area is 160 Å². The molecule has 0 aliphatic carbocycles. The lowest BCUT2D eigenvalue weighted by molar-refractivity contribution is -0.142. The van der Waals surface area contributed by atoms with Crippen LogP contribution in [0.1, 0.15) is 45.3 Å². The molecule has 0 atom stereocenters. The summed E-state index contributed by atoms with van der Waals surface area (Å²) in [7, 11) is 0. The summed E-state index contributed by atoms with van der Waals surface area (Å²) in [6.45, 7) is 8.25. The van der Waals surface area contributed by atoms with E-state index in [0.29, 0.717) is 17.4 Å². The second kappa shape index (κ2) is 9.67. The summed E-state index contributed by atoms with van der Waals surface area (Å²) in [5.74, 6) is 0.613. The van der Waals surface area contributed by atoms with Gasteiger partial charge in [0.1, 0.15) is 5.82 Å². The highest BCUT2D eigenvalue weighted by Gasteiger charge is 2.16. The summed E-state index contributed by atoms with van der Waals surface area (Å²) >= 11 is 2.63. The second-order valence-electron chi connectivity index (χ2n) is 5.68. The Kier molecular flexibility index (Phi) is 7.58. The van der Waals surface area contributed by atoms with E-state index in [2.05, 4.69) is 34.3 Å². The highest BCUT2D eigenvalue weighted by atomic mass is 32.2. The SMILES string of the molecule is CCOC(=O)Cc1csc(NC(=O)CSc2nnc(CC)n2C(C)C)n1. The molecule has 0 aromatic carbocycles. The minimum absolute atomic E-state index is 0.103. The molecule has 8 nitrogen and oxygen atoms in total. The molecule has 2 rings (SSSR count). The van der Waals surface area contributed by atoms with Gasteiger partial charge in [0.15, 0.2) is 10.3 Å². The lowest BCUT2D eigenvalue weighted by Crippen LogP contribution is -2.15. The first-order valence-electron chi connectivity index (χ1n) is 8.41. The summed E-state index contributed by atoms with van der Waals surface area (Å²) in [6.07, 6.45) is 0.895. The Bertz CT molecular complexity index is 757. The monoisotopic (exact) mass is 397 g/mol. The zero-order chi connectivity index (χ0) is 19.1.